The van der Waals surface area contributed by atoms with E-state index in [0.29, 0.717) is 12.8 Å². The third kappa shape index (κ3) is 1.48. The van der Waals surface area contributed by atoms with Gasteiger partial charge in [-0.1, -0.05) is 12.1 Å². The van der Waals surface area contributed by atoms with Crippen LogP contribution in [0.3, 0.4) is 0 Å². The van der Waals surface area contributed by atoms with Crippen molar-refractivity contribution in [2.24, 2.45) is 5.73 Å². The number of methoxy groups -OCH3 is 1. The molecule has 0 aliphatic heterocycles. The molecule has 1 aromatic rings. The Morgan fingerprint density at radius 1 is 1.36 bits per heavy atom. The number of halogens is 1. The minimum Gasteiger partial charge on any atom is -0.497 e. The van der Waals surface area contributed by atoms with E-state index < -0.39 is 11.7 Å². The maximum atomic E-state index is 12.7. The number of rotatable bonds is 2. The Labute approximate surface area is 82.9 Å². The van der Waals surface area contributed by atoms with Gasteiger partial charge in [-0.3, -0.25) is 0 Å². The fourth-order valence-electron chi connectivity index (χ4n) is 1.89. The Bertz CT molecular complexity index is 317. The topological polar surface area (TPSA) is 35.2 Å². The van der Waals surface area contributed by atoms with E-state index in [4.69, 9.17) is 10.5 Å². The van der Waals surface area contributed by atoms with Crippen LogP contribution in [0.25, 0.3) is 0 Å². The van der Waals surface area contributed by atoms with Crippen LogP contribution in [0.1, 0.15) is 18.4 Å². The van der Waals surface area contributed by atoms with Crippen molar-refractivity contribution in [3.8, 4) is 5.75 Å². The van der Waals surface area contributed by atoms with Crippen molar-refractivity contribution in [2.45, 2.75) is 24.6 Å². The number of nitrogens with two attached hydrogens (primary N) is 1. The molecule has 0 heterocycles. The Balaban J connectivity index is 2.17. The first kappa shape index (κ1) is 9.46. The van der Waals surface area contributed by atoms with E-state index in [1.807, 2.05) is 24.3 Å². The molecule has 14 heavy (non-hydrogen) atoms. The molecule has 2 N–H and O–H groups in total. The van der Waals surface area contributed by atoms with Crippen LogP contribution in [0.15, 0.2) is 24.3 Å². The highest BCUT2D eigenvalue weighted by atomic mass is 19.1. The molecule has 0 aromatic heterocycles. The van der Waals surface area contributed by atoms with Gasteiger partial charge in [-0.05, 0) is 17.7 Å². The first-order valence-corrected chi connectivity index (χ1v) is 4.71. The van der Waals surface area contributed by atoms with Gasteiger partial charge in [-0.15, -0.1) is 0 Å². The van der Waals surface area contributed by atoms with Crippen molar-refractivity contribution < 1.29 is 9.13 Å². The summed E-state index contributed by atoms with van der Waals surface area (Å²) < 4.78 is 17.8. The number of alkyl halides is 1. The third-order valence-corrected chi connectivity index (χ3v) is 2.84. The molecular weight excluding hydrogens is 181 g/mol. The van der Waals surface area contributed by atoms with Crippen LogP contribution >= 0.6 is 0 Å². The Morgan fingerprint density at radius 3 is 2.36 bits per heavy atom. The van der Waals surface area contributed by atoms with Gasteiger partial charge < -0.3 is 10.5 Å². The van der Waals surface area contributed by atoms with Gasteiger partial charge in [0.05, 0.1) is 7.11 Å². The molecule has 1 fully saturated rings. The lowest BCUT2D eigenvalue weighted by molar-refractivity contribution is 0.0985. The van der Waals surface area contributed by atoms with Gasteiger partial charge in [0.15, 0.2) is 0 Å². The molecule has 1 aliphatic carbocycles. The van der Waals surface area contributed by atoms with E-state index in [1.165, 1.54) is 0 Å². The Morgan fingerprint density at radius 2 is 1.93 bits per heavy atom. The summed E-state index contributed by atoms with van der Waals surface area (Å²) in [6.07, 6.45) is 0.126. The first-order chi connectivity index (χ1) is 6.64. The van der Waals surface area contributed by atoms with Gasteiger partial charge in [0, 0.05) is 18.4 Å². The lowest BCUT2D eigenvalue weighted by atomic mass is 9.71. The molecule has 1 aromatic carbocycles. The quantitative estimate of drug-likeness (QED) is 0.783. The Hall–Kier alpha value is -1.09. The van der Waals surface area contributed by atoms with Gasteiger partial charge in [-0.25, -0.2) is 4.39 Å². The van der Waals surface area contributed by atoms with Gasteiger partial charge in [0.1, 0.15) is 11.9 Å². The summed E-state index contributed by atoms with van der Waals surface area (Å²) in [4.78, 5) is 0. The molecule has 1 aliphatic rings. The van der Waals surface area contributed by atoms with Gasteiger partial charge in [-0.2, -0.15) is 0 Å². The molecular formula is C11H14FNO. The molecule has 0 saturated heterocycles. The van der Waals surface area contributed by atoms with Crippen LogP contribution < -0.4 is 10.5 Å². The summed E-state index contributed by atoms with van der Waals surface area (Å²) in [5.74, 6) is 0.800. The van der Waals surface area contributed by atoms with Gasteiger partial charge in [0.25, 0.3) is 0 Å². The van der Waals surface area contributed by atoms with E-state index >= 15 is 0 Å². The molecule has 2 rings (SSSR count). The lowest BCUT2D eigenvalue weighted by Crippen LogP contribution is -2.50. The standard InChI is InChI=1S/C11H14FNO/c1-14-10-4-2-8(3-5-10)11(13)6-9(12)7-11/h2-5,9H,6-7,13H2,1H3. The third-order valence-electron chi connectivity index (χ3n) is 2.84. The highest BCUT2D eigenvalue weighted by Crippen LogP contribution is 2.41. The molecule has 0 atom stereocenters. The van der Waals surface area contributed by atoms with Crippen molar-refractivity contribution in [3.63, 3.8) is 0 Å². The number of hydrogen-bond donors (Lipinski definition) is 1. The summed E-state index contributed by atoms with van der Waals surface area (Å²) in [6.45, 7) is 0. The van der Waals surface area contributed by atoms with Crippen molar-refractivity contribution in [3.05, 3.63) is 29.8 Å². The van der Waals surface area contributed by atoms with E-state index in [1.54, 1.807) is 7.11 Å². The molecule has 0 bridgehead atoms. The van der Waals surface area contributed by atoms with E-state index in [0.717, 1.165) is 11.3 Å². The van der Waals surface area contributed by atoms with E-state index in [2.05, 4.69) is 0 Å². The molecule has 1 saturated carbocycles. The van der Waals surface area contributed by atoms with Crippen molar-refractivity contribution >= 4 is 0 Å². The molecule has 0 amide bonds. The monoisotopic (exact) mass is 195 g/mol. The number of benzene rings is 1. The normalized spacial score (nSPS) is 30.9. The number of hydrogen-bond acceptors (Lipinski definition) is 2. The Kier molecular flexibility index (Phi) is 2.19. The van der Waals surface area contributed by atoms with Crippen molar-refractivity contribution in [2.75, 3.05) is 7.11 Å². The fourth-order valence-corrected chi connectivity index (χ4v) is 1.89. The fraction of sp³-hybridized carbons (Fsp3) is 0.455. The smallest absolute Gasteiger partial charge is 0.118 e. The predicted molar refractivity (Wildman–Crippen MR) is 53.0 cm³/mol. The zero-order valence-electron chi connectivity index (χ0n) is 8.16. The number of ether oxygens (including phenoxy) is 1. The second-order valence-corrected chi connectivity index (χ2v) is 3.89. The van der Waals surface area contributed by atoms with Crippen LogP contribution in [-0.2, 0) is 5.54 Å². The van der Waals surface area contributed by atoms with Gasteiger partial charge in [0.2, 0.25) is 0 Å². The van der Waals surface area contributed by atoms with Crippen LogP contribution in [0.2, 0.25) is 0 Å². The zero-order chi connectivity index (χ0) is 10.2. The maximum absolute atomic E-state index is 12.7. The summed E-state index contributed by atoms with van der Waals surface area (Å²) in [5, 5.41) is 0. The molecule has 0 radical (unpaired) electrons. The van der Waals surface area contributed by atoms with Crippen molar-refractivity contribution in [1.82, 2.24) is 0 Å². The van der Waals surface area contributed by atoms with Gasteiger partial charge >= 0.3 is 0 Å². The lowest BCUT2D eigenvalue weighted by Gasteiger charge is -2.41. The second kappa shape index (κ2) is 3.24. The van der Waals surface area contributed by atoms with E-state index in [9.17, 15) is 4.39 Å². The minimum atomic E-state index is -0.734. The van der Waals surface area contributed by atoms with Crippen LogP contribution in [0.4, 0.5) is 4.39 Å². The predicted octanol–water partition coefficient (Wildman–Crippen LogP) is 1.98. The average molecular weight is 195 g/mol. The largest absolute Gasteiger partial charge is 0.497 e. The summed E-state index contributed by atoms with van der Waals surface area (Å²) >= 11 is 0. The molecule has 0 unspecified atom stereocenters. The molecule has 0 spiro atoms. The first-order valence-electron chi connectivity index (χ1n) is 4.71. The molecule has 3 heteroatoms. The minimum absolute atomic E-state index is 0.430. The highest BCUT2D eigenvalue weighted by molar-refractivity contribution is 5.33. The van der Waals surface area contributed by atoms with Crippen LogP contribution in [-0.4, -0.2) is 13.3 Å². The SMILES string of the molecule is COc1ccc(C2(N)CC(F)C2)cc1. The maximum Gasteiger partial charge on any atom is 0.118 e. The summed E-state index contributed by atoms with van der Waals surface area (Å²) in [7, 11) is 1.62. The van der Waals surface area contributed by atoms with E-state index in [-0.39, 0.29) is 0 Å². The molecule has 2 nitrogen and oxygen atoms in total. The second-order valence-electron chi connectivity index (χ2n) is 3.89. The molecule has 76 valence electrons. The zero-order valence-corrected chi connectivity index (χ0v) is 8.16. The van der Waals surface area contributed by atoms with Crippen LogP contribution in [0.5, 0.6) is 5.75 Å². The summed E-state index contributed by atoms with van der Waals surface area (Å²) in [6, 6.07) is 7.53. The average Bonchev–Trinajstić information content (AvgIpc) is 2.16. The summed E-state index contributed by atoms with van der Waals surface area (Å²) in [5.41, 5.74) is 6.57. The highest BCUT2D eigenvalue weighted by Gasteiger charge is 2.42. The van der Waals surface area contributed by atoms with Crippen LogP contribution in [0, 0.1) is 0 Å². The van der Waals surface area contributed by atoms with Crippen molar-refractivity contribution in [1.29, 1.82) is 0 Å².